The number of nitrogens with zero attached hydrogens (tertiary/aromatic N) is 1. The maximum atomic E-state index is 12.2. The molecular formula is C15H24F3NO4. The van der Waals surface area contributed by atoms with E-state index in [-0.39, 0.29) is 38.8 Å². The van der Waals surface area contributed by atoms with Gasteiger partial charge in [0.25, 0.3) is 0 Å². The Morgan fingerprint density at radius 1 is 1.17 bits per heavy atom. The van der Waals surface area contributed by atoms with Gasteiger partial charge in [-0.1, -0.05) is 0 Å². The number of carboxylic acid groups (broad SMARTS) is 1. The molecule has 134 valence electrons. The minimum absolute atomic E-state index is 0.0377. The van der Waals surface area contributed by atoms with Gasteiger partial charge in [0, 0.05) is 19.5 Å². The summed E-state index contributed by atoms with van der Waals surface area (Å²) in [5, 5.41) is 9.41. The maximum Gasteiger partial charge on any atom is 0.410 e. The molecule has 1 saturated heterocycles. The smallest absolute Gasteiger partial charge is 0.410 e. The standard InChI is InChI=1S/C15H24F3NO4/c1-13(2,3)23-12(22)19-9-7-14(8-10-19,11(20)21)5-4-6-15(16,17)18/h4-10H2,1-3H3,(H,20,21). The van der Waals surface area contributed by atoms with Crippen LogP contribution in [0.15, 0.2) is 0 Å². The summed E-state index contributed by atoms with van der Waals surface area (Å²) >= 11 is 0. The van der Waals surface area contributed by atoms with E-state index in [4.69, 9.17) is 4.74 Å². The monoisotopic (exact) mass is 339 g/mol. The number of hydrogen-bond acceptors (Lipinski definition) is 3. The summed E-state index contributed by atoms with van der Waals surface area (Å²) in [5.41, 5.74) is -1.84. The normalized spacial score (nSPS) is 18.6. The van der Waals surface area contributed by atoms with E-state index in [1.165, 1.54) is 4.90 Å². The molecule has 1 amide bonds. The Hall–Kier alpha value is -1.47. The molecule has 0 bridgehead atoms. The van der Waals surface area contributed by atoms with Crippen molar-refractivity contribution >= 4 is 12.1 Å². The Morgan fingerprint density at radius 2 is 1.70 bits per heavy atom. The van der Waals surface area contributed by atoms with E-state index in [0.717, 1.165) is 0 Å². The van der Waals surface area contributed by atoms with Gasteiger partial charge in [0.05, 0.1) is 5.41 Å². The molecule has 1 aliphatic rings. The molecule has 0 radical (unpaired) electrons. The number of halogens is 3. The fraction of sp³-hybridized carbons (Fsp3) is 0.867. The number of hydrogen-bond donors (Lipinski definition) is 1. The van der Waals surface area contributed by atoms with Crippen LogP contribution in [0, 0.1) is 5.41 Å². The lowest BCUT2D eigenvalue weighted by atomic mass is 9.74. The van der Waals surface area contributed by atoms with E-state index in [1.54, 1.807) is 20.8 Å². The number of carboxylic acids is 1. The van der Waals surface area contributed by atoms with Crippen LogP contribution in [0.1, 0.15) is 52.9 Å². The highest BCUT2D eigenvalue weighted by Gasteiger charge is 2.43. The highest BCUT2D eigenvalue weighted by atomic mass is 19.4. The molecule has 0 aromatic heterocycles. The molecule has 23 heavy (non-hydrogen) atoms. The Morgan fingerprint density at radius 3 is 2.09 bits per heavy atom. The molecular weight excluding hydrogens is 315 g/mol. The van der Waals surface area contributed by atoms with Crippen LogP contribution in [-0.2, 0) is 9.53 Å². The third-order valence-electron chi connectivity index (χ3n) is 3.94. The average molecular weight is 339 g/mol. The lowest BCUT2D eigenvalue weighted by molar-refractivity contribution is -0.155. The molecule has 1 heterocycles. The first-order valence-electron chi connectivity index (χ1n) is 7.63. The molecule has 1 N–H and O–H groups in total. The lowest BCUT2D eigenvalue weighted by Gasteiger charge is -2.39. The molecule has 1 aliphatic heterocycles. The number of ether oxygens (including phenoxy) is 1. The zero-order valence-electron chi connectivity index (χ0n) is 13.7. The highest BCUT2D eigenvalue weighted by molar-refractivity contribution is 5.75. The number of rotatable bonds is 4. The van der Waals surface area contributed by atoms with Gasteiger partial charge in [0.2, 0.25) is 0 Å². The first-order chi connectivity index (χ1) is 10.3. The van der Waals surface area contributed by atoms with Crippen molar-refractivity contribution < 1.29 is 32.6 Å². The van der Waals surface area contributed by atoms with E-state index in [0.29, 0.717) is 0 Å². The van der Waals surface area contributed by atoms with Crippen molar-refractivity contribution in [2.75, 3.05) is 13.1 Å². The number of likely N-dealkylation sites (tertiary alicyclic amines) is 1. The molecule has 8 heteroatoms. The van der Waals surface area contributed by atoms with Gasteiger partial charge in [-0.25, -0.2) is 4.79 Å². The van der Waals surface area contributed by atoms with Crippen molar-refractivity contribution in [1.82, 2.24) is 4.90 Å². The average Bonchev–Trinajstić information content (AvgIpc) is 2.35. The molecule has 0 unspecified atom stereocenters. The van der Waals surface area contributed by atoms with Crippen LogP contribution < -0.4 is 0 Å². The van der Waals surface area contributed by atoms with Crippen molar-refractivity contribution in [1.29, 1.82) is 0 Å². The van der Waals surface area contributed by atoms with E-state index < -0.39 is 35.7 Å². The predicted octanol–water partition coefficient (Wildman–Crippen LogP) is 3.82. The number of carbonyl (C=O) groups is 2. The fourth-order valence-corrected chi connectivity index (χ4v) is 2.64. The first-order valence-corrected chi connectivity index (χ1v) is 7.63. The van der Waals surface area contributed by atoms with Crippen LogP contribution in [0.5, 0.6) is 0 Å². The molecule has 5 nitrogen and oxygen atoms in total. The summed E-state index contributed by atoms with van der Waals surface area (Å²) < 4.78 is 42.0. The van der Waals surface area contributed by atoms with Crippen LogP contribution in [0.25, 0.3) is 0 Å². The van der Waals surface area contributed by atoms with Crippen LogP contribution in [0.4, 0.5) is 18.0 Å². The van der Waals surface area contributed by atoms with Crippen LogP contribution in [-0.4, -0.2) is 46.9 Å². The van der Waals surface area contributed by atoms with Crippen molar-refractivity contribution in [3.8, 4) is 0 Å². The fourth-order valence-electron chi connectivity index (χ4n) is 2.64. The molecule has 0 atom stereocenters. The quantitative estimate of drug-likeness (QED) is 0.845. The van der Waals surface area contributed by atoms with E-state index in [9.17, 15) is 27.9 Å². The second-order valence-electron chi connectivity index (χ2n) is 7.02. The molecule has 0 aliphatic carbocycles. The van der Waals surface area contributed by atoms with Gasteiger partial charge in [-0.15, -0.1) is 0 Å². The van der Waals surface area contributed by atoms with Gasteiger partial charge in [-0.05, 0) is 46.5 Å². The van der Waals surface area contributed by atoms with E-state index in [1.807, 2.05) is 0 Å². The third-order valence-corrected chi connectivity index (χ3v) is 3.94. The largest absolute Gasteiger partial charge is 0.481 e. The van der Waals surface area contributed by atoms with E-state index >= 15 is 0 Å². The SMILES string of the molecule is CC(C)(C)OC(=O)N1CCC(CCCC(F)(F)F)(C(=O)O)CC1. The van der Waals surface area contributed by atoms with Gasteiger partial charge < -0.3 is 14.7 Å². The Balaban J connectivity index is 2.60. The number of amides is 1. The number of alkyl halides is 3. The minimum Gasteiger partial charge on any atom is -0.481 e. The van der Waals surface area contributed by atoms with Crippen molar-refractivity contribution in [3.05, 3.63) is 0 Å². The summed E-state index contributed by atoms with van der Waals surface area (Å²) in [7, 11) is 0. The van der Waals surface area contributed by atoms with Gasteiger partial charge in [-0.3, -0.25) is 4.79 Å². The molecule has 0 spiro atoms. The van der Waals surface area contributed by atoms with Crippen molar-refractivity contribution in [3.63, 3.8) is 0 Å². The Kier molecular flexibility index (Phi) is 5.93. The summed E-state index contributed by atoms with van der Waals surface area (Å²) in [6.45, 7) is 5.54. The predicted molar refractivity (Wildman–Crippen MR) is 77.0 cm³/mol. The van der Waals surface area contributed by atoms with Crippen LogP contribution in [0.2, 0.25) is 0 Å². The number of carbonyl (C=O) groups excluding carboxylic acids is 1. The topological polar surface area (TPSA) is 66.8 Å². The number of aliphatic carboxylic acids is 1. The lowest BCUT2D eigenvalue weighted by Crippen LogP contribution is -2.48. The van der Waals surface area contributed by atoms with Gasteiger partial charge in [0.1, 0.15) is 5.60 Å². The van der Waals surface area contributed by atoms with Crippen LogP contribution in [0.3, 0.4) is 0 Å². The van der Waals surface area contributed by atoms with Gasteiger partial charge in [0.15, 0.2) is 0 Å². The van der Waals surface area contributed by atoms with Crippen molar-refractivity contribution in [2.24, 2.45) is 5.41 Å². The summed E-state index contributed by atoms with van der Waals surface area (Å²) in [6.07, 6.45) is -5.77. The summed E-state index contributed by atoms with van der Waals surface area (Å²) in [4.78, 5) is 24.9. The maximum absolute atomic E-state index is 12.2. The summed E-state index contributed by atoms with van der Waals surface area (Å²) in [6, 6.07) is 0. The van der Waals surface area contributed by atoms with E-state index in [2.05, 4.69) is 0 Å². The molecule has 1 fully saturated rings. The Bertz CT molecular complexity index is 435. The second-order valence-corrected chi connectivity index (χ2v) is 7.02. The second kappa shape index (κ2) is 6.97. The zero-order chi connectivity index (χ0) is 17.9. The molecule has 1 rings (SSSR count). The third kappa shape index (κ3) is 6.27. The van der Waals surface area contributed by atoms with Crippen molar-refractivity contribution in [2.45, 2.75) is 64.7 Å². The molecule has 0 aromatic rings. The zero-order valence-corrected chi connectivity index (χ0v) is 13.7. The minimum atomic E-state index is -4.28. The Labute approximate surface area is 133 Å². The van der Waals surface area contributed by atoms with Gasteiger partial charge >= 0.3 is 18.2 Å². The highest BCUT2D eigenvalue weighted by Crippen LogP contribution is 2.38. The molecule has 0 aromatic carbocycles. The van der Waals surface area contributed by atoms with Gasteiger partial charge in [-0.2, -0.15) is 13.2 Å². The number of piperidine rings is 1. The first kappa shape index (κ1) is 19.6. The summed E-state index contributed by atoms with van der Waals surface area (Å²) in [5.74, 6) is -1.09. The van der Waals surface area contributed by atoms with Crippen LogP contribution >= 0.6 is 0 Å². The molecule has 0 saturated carbocycles.